The molecular formula is C16H19N3O3S. The monoisotopic (exact) mass is 333 g/mol. The van der Waals surface area contributed by atoms with Crippen LogP contribution in [0.1, 0.15) is 30.1 Å². The molecule has 0 bridgehead atoms. The van der Waals surface area contributed by atoms with Crippen LogP contribution in [0, 0.1) is 6.92 Å². The number of ketones is 1. The third-order valence-corrected chi connectivity index (χ3v) is 6.35. The number of sulfonamides is 1. The first-order valence-corrected chi connectivity index (χ1v) is 8.92. The third-order valence-electron chi connectivity index (χ3n) is 4.34. The summed E-state index contributed by atoms with van der Waals surface area (Å²) in [4.78, 5) is 12.1. The zero-order chi connectivity index (χ0) is 16.6. The number of nitrogens with zero attached hydrogens (tertiary/aromatic N) is 3. The van der Waals surface area contributed by atoms with Gasteiger partial charge < -0.3 is 0 Å². The van der Waals surface area contributed by atoms with Gasteiger partial charge in [0.05, 0.1) is 17.9 Å². The van der Waals surface area contributed by atoms with Gasteiger partial charge in [-0.25, -0.2) is 8.42 Å². The average Bonchev–Trinajstić information content (AvgIpc) is 2.88. The lowest BCUT2D eigenvalue weighted by molar-refractivity contribution is -0.121. The number of carbonyl (C=O) groups excluding carboxylic acids is 1. The van der Waals surface area contributed by atoms with Gasteiger partial charge in [0.25, 0.3) is 0 Å². The predicted molar refractivity (Wildman–Crippen MR) is 85.3 cm³/mol. The molecule has 23 heavy (non-hydrogen) atoms. The van der Waals surface area contributed by atoms with Crippen molar-refractivity contribution in [3.05, 3.63) is 47.8 Å². The maximum absolute atomic E-state index is 13.1. The molecule has 0 aliphatic carbocycles. The molecule has 0 amide bonds. The molecule has 1 aromatic heterocycles. The average molecular weight is 333 g/mol. The van der Waals surface area contributed by atoms with Crippen LogP contribution in [0.2, 0.25) is 0 Å². The second-order valence-electron chi connectivity index (χ2n) is 5.75. The Morgan fingerprint density at radius 2 is 1.91 bits per heavy atom. The van der Waals surface area contributed by atoms with Crippen LogP contribution >= 0.6 is 0 Å². The van der Waals surface area contributed by atoms with Crippen LogP contribution in [0.5, 0.6) is 0 Å². The molecule has 6 nitrogen and oxygen atoms in total. The van der Waals surface area contributed by atoms with Crippen molar-refractivity contribution >= 4 is 15.8 Å². The van der Waals surface area contributed by atoms with E-state index in [1.54, 1.807) is 18.7 Å². The van der Waals surface area contributed by atoms with Crippen molar-refractivity contribution in [2.75, 3.05) is 6.54 Å². The summed E-state index contributed by atoms with van der Waals surface area (Å²) in [6.07, 6.45) is 1.84. The number of piperidine rings is 1. The number of hydrogen-bond acceptors (Lipinski definition) is 4. The minimum atomic E-state index is -3.69. The Bertz CT molecular complexity index is 828. The van der Waals surface area contributed by atoms with Crippen LogP contribution in [0.25, 0.3) is 0 Å². The van der Waals surface area contributed by atoms with Crippen molar-refractivity contribution < 1.29 is 13.2 Å². The molecule has 1 saturated heterocycles. The highest BCUT2D eigenvalue weighted by molar-refractivity contribution is 7.89. The first-order chi connectivity index (χ1) is 10.9. The SMILES string of the molecule is Cc1c(S(=O)(=O)N2CCC(=O)C[C@H]2c2ccccc2)cnn1C. The number of hydrogen-bond donors (Lipinski definition) is 0. The Balaban J connectivity index is 2.05. The number of Topliss-reactive ketones (excluding diaryl/α,β-unsaturated/α-hetero) is 1. The smallest absolute Gasteiger partial charge is 0.247 e. The molecular weight excluding hydrogens is 314 g/mol. The van der Waals surface area contributed by atoms with Gasteiger partial charge in [-0.1, -0.05) is 30.3 Å². The maximum Gasteiger partial charge on any atom is 0.247 e. The largest absolute Gasteiger partial charge is 0.300 e. The lowest BCUT2D eigenvalue weighted by Gasteiger charge is -2.34. The summed E-state index contributed by atoms with van der Waals surface area (Å²) >= 11 is 0. The number of aromatic nitrogens is 2. The highest BCUT2D eigenvalue weighted by Gasteiger charge is 2.38. The van der Waals surface area contributed by atoms with E-state index >= 15 is 0 Å². The Morgan fingerprint density at radius 1 is 1.22 bits per heavy atom. The Morgan fingerprint density at radius 3 is 2.52 bits per heavy atom. The van der Waals surface area contributed by atoms with Gasteiger partial charge in [0.2, 0.25) is 10.0 Å². The van der Waals surface area contributed by atoms with Gasteiger partial charge in [0.15, 0.2) is 0 Å². The topological polar surface area (TPSA) is 72.3 Å². The van der Waals surface area contributed by atoms with E-state index in [1.165, 1.54) is 10.5 Å². The molecule has 0 unspecified atom stereocenters. The van der Waals surface area contributed by atoms with E-state index in [4.69, 9.17) is 0 Å². The molecule has 122 valence electrons. The molecule has 1 fully saturated rings. The van der Waals surface area contributed by atoms with E-state index in [-0.39, 0.29) is 30.1 Å². The first kappa shape index (κ1) is 15.9. The first-order valence-electron chi connectivity index (χ1n) is 7.48. The molecule has 0 N–H and O–H groups in total. The van der Waals surface area contributed by atoms with E-state index in [1.807, 2.05) is 30.3 Å². The molecule has 1 aromatic carbocycles. The predicted octanol–water partition coefficient (Wildman–Crippen LogP) is 1.82. The highest BCUT2D eigenvalue weighted by atomic mass is 32.2. The molecule has 3 rings (SSSR count). The number of carbonyl (C=O) groups is 1. The van der Waals surface area contributed by atoms with Crippen LogP contribution in [-0.2, 0) is 21.9 Å². The van der Waals surface area contributed by atoms with Crippen molar-refractivity contribution in [1.82, 2.24) is 14.1 Å². The minimum absolute atomic E-state index is 0.0909. The van der Waals surface area contributed by atoms with Crippen molar-refractivity contribution in [1.29, 1.82) is 0 Å². The molecule has 0 spiro atoms. The van der Waals surface area contributed by atoms with Crippen molar-refractivity contribution in [3.63, 3.8) is 0 Å². The van der Waals surface area contributed by atoms with Gasteiger partial charge >= 0.3 is 0 Å². The lowest BCUT2D eigenvalue weighted by atomic mass is 9.97. The van der Waals surface area contributed by atoms with Crippen molar-refractivity contribution in [2.45, 2.75) is 30.7 Å². The summed E-state index contributed by atoms with van der Waals surface area (Å²) < 4.78 is 29.1. The molecule has 0 saturated carbocycles. The summed E-state index contributed by atoms with van der Waals surface area (Å²) in [5.74, 6) is 0.0909. The minimum Gasteiger partial charge on any atom is -0.300 e. The van der Waals surface area contributed by atoms with E-state index in [9.17, 15) is 13.2 Å². The summed E-state index contributed by atoms with van der Waals surface area (Å²) in [6, 6.07) is 8.85. The van der Waals surface area contributed by atoms with Crippen LogP contribution in [0.4, 0.5) is 0 Å². The van der Waals surface area contributed by atoms with Gasteiger partial charge in [-0.05, 0) is 12.5 Å². The standard InChI is InChI=1S/C16H19N3O3S/c1-12-16(11-17-18(12)2)23(21,22)19-9-8-14(20)10-15(19)13-6-4-3-5-7-13/h3-7,11,15H,8-10H2,1-2H3/t15-/m0/s1. The second kappa shape index (κ2) is 5.90. The molecule has 1 atom stereocenters. The van der Waals surface area contributed by atoms with Crippen LogP contribution < -0.4 is 0 Å². The van der Waals surface area contributed by atoms with Gasteiger partial charge in [0, 0.05) is 26.4 Å². The lowest BCUT2D eigenvalue weighted by Crippen LogP contribution is -2.41. The van der Waals surface area contributed by atoms with Gasteiger partial charge in [-0.2, -0.15) is 9.40 Å². The summed E-state index contributed by atoms with van der Waals surface area (Å²) in [5, 5.41) is 4.03. The van der Waals surface area contributed by atoms with Crippen LogP contribution in [-0.4, -0.2) is 34.8 Å². The highest BCUT2D eigenvalue weighted by Crippen LogP contribution is 2.34. The van der Waals surface area contributed by atoms with Crippen LogP contribution in [0.3, 0.4) is 0 Å². The second-order valence-corrected chi connectivity index (χ2v) is 7.61. The van der Waals surface area contributed by atoms with Gasteiger partial charge in [-0.15, -0.1) is 0 Å². The zero-order valence-corrected chi connectivity index (χ0v) is 14.0. The summed E-state index contributed by atoms with van der Waals surface area (Å²) in [6.45, 7) is 1.93. The van der Waals surface area contributed by atoms with E-state index in [2.05, 4.69) is 5.10 Å². The molecule has 7 heteroatoms. The zero-order valence-electron chi connectivity index (χ0n) is 13.1. The third kappa shape index (κ3) is 2.82. The van der Waals surface area contributed by atoms with Gasteiger partial charge in [0.1, 0.15) is 10.7 Å². The van der Waals surface area contributed by atoms with Gasteiger partial charge in [-0.3, -0.25) is 9.48 Å². The number of benzene rings is 1. The van der Waals surface area contributed by atoms with Crippen LogP contribution in [0.15, 0.2) is 41.4 Å². The fourth-order valence-corrected chi connectivity index (χ4v) is 4.72. The fourth-order valence-electron chi connectivity index (χ4n) is 2.92. The van der Waals surface area contributed by atoms with E-state index < -0.39 is 16.1 Å². The maximum atomic E-state index is 13.1. The molecule has 2 aromatic rings. The molecule has 0 radical (unpaired) electrons. The van der Waals surface area contributed by atoms with Crippen molar-refractivity contribution in [2.24, 2.45) is 7.05 Å². The summed E-state index contributed by atoms with van der Waals surface area (Å²) in [5.41, 5.74) is 1.43. The Kier molecular flexibility index (Phi) is 4.08. The molecule has 2 heterocycles. The number of aryl methyl sites for hydroxylation is 1. The molecule has 1 aliphatic rings. The summed E-state index contributed by atoms with van der Waals surface area (Å²) in [7, 11) is -1.98. The quantitative estimate of drug-likeness (QED) is 0.859. The number of rotatable bonds is 3. The fraction of sp³-hybridized carbons (Fsp3) is 0.375. The Hall–Kier alpha value is -1.99. The van der Waals surface area contributed by atoms with E-state index in [0.29, 0.717) is 5.69 Å². The van der Waals surface area contributed by atoms with E-state index in [0.717, 1.165) is 5.56 Å². The normalized spacial score (nSPS) is 19.9. The van der Waals surface area contributed by atoms with Crippen molar-refractivity contribution in [3.8, 4) is 0 Å². The molecule has 1 aliphatic heterocycles. The Labute approximate surface area is 135 Å².